The summed E-state index contributed by atoms with van der Waals surface area (Å²) < 4.78 is 11.4. The summed E-state index contributed by atoms with van der Waals surface area (Å²) in [4.78, 5) is 1.70. The van der Waals surface area contributed by atoms with Gasteiger partial charge in [-0.2, -0.15) is 0 Å². The summed E-state index contributed by atoms with van der Waals surface area (Å²) in [6.45, 7) is 12.5. The second kappa shape index (κ2) is 8.40. The predicted octanol–water partition coefficient (Wildman–Crippen LogP) is 2.01. The highest BCUT2D eigenvalue weighted by Gasteiger charge is 2.17. The molecule has 0 aliphatic carbocycles. The van der Waals surface area contributed by atoms with Crippen LogP contribution in [0.25, 0.3) is 0 Å². The molecule has 1 aromatic rings. The van der Waals surface area contributed by atoms with E-state index < -0.39 is 0 Å². The molecular weight excluding hydrogens is 262 g/mol. The highest BCUT2D eigenvalue weighted by atomic mass is 16.5. The van der Waals surface area contributed by atoms with Crippen LogP contribution in [-0.4, -0.2) is 39.5 Å². The number of ether oxygens (including phenoxy) is 2. The third-order valence-corrected chi connectivity index (χ3v) is 4.56. The van der Waals surface area contributed by atoms with Crippen molar-refractivity contribution in [1.82, 2.24) is 0 Å². The topological polar surface area (TPSA) is 22.9 Å². The average molecular weight is 292 g/mol. The van der Waals surface area contributed by atoms with Gasteiger partial charge in [-0.05, 0) is 55.9 Å². The monoisotopic (exact) mass is 292 g/mol. The van der Waals surface area contributed by atoms with Crippen LogP contribution in [0.3, 0.4) is 0 Å². The summed E-state index contributed by atoms with van der Waals surface area (Å²) in [6, 6.07) is 6.22. The average Bonchev–Trinajstić information content (AvgIpc) is 2.48. The molecule has 0 saturated carbocycles. The van der Waals surface area contributed by atoms with Gasteiger partial charge in [-0.1, -0.05) is 13.0 Å². The van der Waals surface area contributed by atoms with E-state index in [1.807, 2.05) is 6.07 Å². The third kappa shape index (κ3) is 5.68. The first-order chi connectivity index (χ1) is 10.1. The summed E-state index contributed by atoms with van der Waals surface area (Å²) >= 11 is 0. The summed E-state index contributed by atoms with van der Waals surface area (Å²) in [5.74, 6) is 1.86. The Morgan fingerprint density at radius 1 is 1.05 bits per heavy atom. The molecule has 1 heterocycles. The number of rotatable bonds is 7. The summed E-state index contributed by atoms with van der Waals surface area (Å²) in [7, 11) is 0. The van der Waals surface area contributed by atoms with E-state index in [0.717, 1.165) is 24.8 Å². The van der Waals surface area contributed by atoms with Crippen LogP contribution in [0.1, 0.15) is 30.9 Å². The van der Waals surface area contributed by atoms with Crippen LogP contribution in [0.5, 0.6) is 5.75 Å². The molecule has 1 saturated heterocycles. The molecule has 2 rings (SSSR count). The van der Waals surface area contributed by atoms with Crippen LogP contribution in [0.4, 0.5) is 0 Å². The van der Waals surface area contributed by atoms with Crippen LogP contribution in [0.15, 0.2) is 18.2 Å². The minimum atomic E-state index is 0.634. The fourth-order valence-corrected chi connectivity index (χ4v) is 2.76. The van der Waals surface area contributed by atoms with Gasteiger partial charge in [0.05, 0.1) is 26.3 Å². The first-order valence-corrected chi connectivity index (χ1v) is 8.26. The smallest absolute Gasteiger partial charge is 0.119 e. The van der Waals surface area contributed by atoms with Crippen molar-refractivity contribution in [1.29, 1.82) is 0 Å². The molecule has 118 valence electrons. The normalized spacial score (nSPS) is 22.2. The molecule has 1 fully saturated rings. The zero-order valence-electron chi connectivity index (χ0n) is 13.8. The van der Waals surface area contributed by atoms with Crippen molar-refractivity contribution in [3.05, 3.63) is 29.3 Å². The zero-order chi connectivity index (χ0) is 15.1. The molecule has 3 nitrogen and oxygen atoms in total. The first-order valence-electron chi connectivity index (χ1n) is 8.26. The standard InChI is InChI=1S/C18H29NO2/c1-15-6-8-19(9-7-15)10-11-20-12-13-21-18-5-4-16(2)17(3)14-18/h4-5,14-15H,6-13H2,1-3H3/p+1. The van der Waals surface area contributed by atoms with Gasteiger partial charge < -0.3 is 14.4 Å². The molecule has 3 heteroatoms. The van der Waals surface area contributed by atoms with Crippen LogP contribution >= 0.6 is 0 Å². The molecule has 0 spiro atoms. The molecule has 0 aromatic heterocycles. The predicted molar refractivity (Wildman–Crippen MR) is 86.2 cm³/mol. The van der Waals surface area contributed by atoms with Crippen molar-refractivity contribution in [2.24, 2.45) is 5.92 Å². The van der Waals surface area contributed by atoms with E-state index in [-0.39, 0.29) is 0 Å². The van der Waals surface area contributed by atoms with Crippen molar-refractivity contribution in [2.45, 2.75) is 33.6 Å². The van der Waals surface area contributed by atoms with Gasteiger partial charge in [0.25, 0.3) is 0 Å². The van der Waals surface area contributed by atoms with E-state index in [1.165, 1.54) is 37.1 Å². The molecule has 0 amide bonds. The number of hydrogen-bond acceptors (Lipinski definition) is 2. The van der Waals surface area contributed by atoms with Gasteiger partial charge in [-0.15, -0.1) is 0 Å². The van der Waals surface area contributed by atoms with Gasteiger partial charge in [-0.3, -0.25) is 0 Å². The van der Waals surface area contributed by atoms with Crippen molar-refractivity contribution in [3.63, 3.8) is 0 Å². The van der Waals surface area contributed by atoms with E-state index in [2.05, 4.69) is 32.9 Å². The van der Waals surface area contributed by atoms with Gasteiger partial charge >= 0.3 is 0 Å². The second-order valence-electron chi connectivity index (χ2n) is 6.39. The molecule has 21 heavy (non-hydrogen) atoms. The van der Waals surface area contributed by atoms with Crippen LogP contribution < -0.4 is 9.64 Å². The van der Waals surface area contributed by atoms with E-state index in [9.17, 15) is 0 Å². The Labute approximate surface area is 129 Å². The Bertz CT molecular complexity index is 425. The molecule has 1 aliphatic heterocycles. The fraction of sp³-hybridized carbons (Fsp3) is 0.667. The van der Waals surface area contributed by atoms with Gasteiger partial charge in [0, 0.05) is 0 Å². The van der Waals surface area contributed by atoms with Crippen LogP contribution in [-0.2, 0) is 4.74 Å². The molecule has 0 atom stereocenters. The Kier molecular flexibility index (Phi) is 6.52. The SMILES string of the molecule is Cc1ccc(OCCOCC[NH+]2CCC(C)CC2)cc1C. The highest BCUT2D eigenvalue weighted by molar-refractivity contribution is 5.33. The molecule has 1 aliphatic rings. The largest absolute Gasteiger partial charge is 0.491 e. The van der Waals surface area contributed by atoms with Crippen LogP contribution in [0.2, 0.25) is 0 Å². The maximum Gasteiger partial charge on any atom is 0.119 e. The number of quaternary nitrogens is 1. The lowest BCUT2D eigenvalue weighted by Gasteiger charge is -2.27. The zero-order valence-corrected chi connectivity index (χ0v) is 13.8. The minimum Gasteiger partial charge on any atom is -0.491 e. The van der Waals surface area contributed by atoms with E-state index >= 15 is 0 Å². The Balaban J connectivity index is 1.53. The van der Waals surface area contributed by atoms with Gasteiger partial charge in [0.1, 0.15) is 18.9 Å². The summed E-state index contributed by atoms with van der Waals surface area (Å²) in [5.41, 5.74) is 2.58. The van der Waals surface area contributed by atoms with Crippen molar-refractivity contribution in [3.8, 4) is 5.75 Å². The van der Waals surface area contributed by atoms with Crippen molar-refractivity contribution >= 4 is 0 Å². The summed E-state index contributed by atoms with van der Waals surface area (Å²) in [5, 5.41) is 0. The fourth-order valence-electron chi connectivity index (χ4n) is 2.76. The number of likely N-dealkylation sites (tertiary alicyclic amines) is 1. The van der Waals surface area contributed by atoms with E-state index in [4.69, 9.17) is 9.47 Å². The van der Waals surface area contributed by atoms with E-state index in [1.54, 1.807) is 4.90 Å². The quantitative estimate of drug-likeness (QED) is 0.777. The maximum absolute atomic E-state index is 5.72. The molecule has 1 aromatic carbocycles. The maximum atomic E-state index is 5.72. The second-order valence-corrected chi connectivity index (χ2v) is 6.39. The number of hydrogen-bond donors (Lipinski definition) is 1. The molecule has 0 unspecified atom stereocenters. The first kappa shape index (κ1) is 16.3. The number of nitrogens with one attached hydrogen (secondary N) is 1. The summed E-state index contributed by atoms with van der Waals surface area (Å²) in [6.07, 6.45) is 2.73. The Morgan fingerprint density at radius 2 is 1.81 bits per heavy atom. The molecular formula is C18H30NO2+. The third-order valence-electron chi connectivity index (χ3n) is 4.56. The molecule has 0 bridgehead atoms. The number of benzene rings is 1. The number of piperidine rings is 1. The lowest BCUT2D eigenvalue weighted by atomic mass is 9.99. The van der Waals surface area contributed by atoms with Crippen molar-refractivity contribution in [2.75, 3.05) is 39.5 Å². The lowest BCUT2D eigenvalue weighted by molar-refractivity contribution is -0.906. The Morgan fingerprint density at radius 3 is 2.52 bits per heavy atom. The van der Waals surface area contributed by atoms with Crippen molar-refractivity contribution < 1.29 is 14.4 Å². The lowest BCUT2D eigenvalue weighted by Crippen LogP contribution is -3.13. The number of aryl methyl sites for hydroxylation is 2. The van der Waals surface area contributed by atoms with E-state index in [0.29, 0.717) is 13.2 Å². The van der Waals surface area contributed by atoms with Gasteiger partial charge in [0.2, 0.25) is 0 Å². The van der Waals surface area contributed by atoms with Crippen LogP contribution in [0, 0.1) is 19.8 Å². The highest BCUT2D eigenvalue weighted by Crippen LogP contribution is 2.16. The van der Waals surface area contributed by atoms with Gasteiger partial charge in [0.15, 0.2) is 0 Å². The minimum absolute atomic E-state index is 0.634. The molecule has 1 N–H and O–H groups in total. The van der Waals surface area contributed by atoms with Gasteiger partial charge in [-0.25, -0.2) is 0 Å². The Hall–Kier alpha value is -1.06. The molecule has 0 radical (unpaired) electrons.